The van der Waals surface area contributed by atoms with Crippen LogP contribution in [0.15, 0.2) is 65.8 Å². The maximum Gasteiger partial charge on any atom is 0.243 e. The van der Waals surface area contributed by atoms with Gasteiger partial charge in [0.15, 0.2) is 0 Å². The first-order valence-electron chi connectivity index (χ1n) is 7.24. The summed E-state index contributed by atoms with van der Waals surface area (Å²) in [5, 5.41) is 4.38. The molecule has 1 N–H and O–H groups in total. The van der Waals surface area contributed by atoms with Crippen LogP contribution >= 0.6 is 0 Å². The van der Waals surface area contributed by atoms with Gasteiger partial charge < -0.3 is 0 Å². The normalized spacial score (nSPS) is 19.7. The smallest absolute Gasteiger partial charge is 0.243 e. The summed E-state index contributed by atoms with van der Waals surface area (Å²) < 4.78 is 0. The van der Waals surface area contributed by atoms with Crippen molar-refractivity contribution in [2.24, 2.45) is 16.9 Å². The van der Waals surface area contributed by atoms with Crippen molar-refractivity contribution in [3.63, 3.8) is 0 Å². The lowest BCUT2D eigenvalue weighted by Crippen LogP contribution is -2.22. The molecule has 21 heavy (non-hydrogen) atoms. The lowest BCUT2D eigenvalue weighted by molar-refractivity contribution is -0.122. The molecule has 1 fully saturated rings. The van der Waals surface area contributed by atoms with Gasteiger partial charge in [0.25, 0.3) is 0 Å². The van der Waals surface area contributed by atoms with E-state index in [-0.39, 0.29) is 11.8 Å². The van der Waals surface area contributed by atoms with Gasteiger partial charge in [0.1, 0.15) is 0 Å². The minimum Gasteiger partial charge on any atom is -0.273 e. The Morgan fingerprint density at radius 2 is 1.48 bits per heavy atom. The largest absolute Gasteiger partial charge is 0.273 e. The second-order valence-corrected chi connectivity index (χ2v) is 5.49. The average molecular weight is 278 g/mol. The summed E-state index contributed by atoms with van der Waals surface area (Å²) in [5.41, 5.74) is 5.50. The molecular formula is C18H18N2O. The molecule has 3 rings (SSSR count). The summed E-state index contributed by atoms with van der Waals surface area (Å²) in [6.07, 6.45) is 0.966. The van der Waals surface area contributed by atoms with Crippen molar-refractivity contribution in [2.75, 3.05) is 0 Å². The summed E-state index contributed by atoms with van der Waals surface area (Å²) in [6, 6.07) is 19.8. The standard InChI is InChI=1S/C18H18N2O/c1-13-12-16(13)18(21)20-19-17(14-8-4-2-5-9-14)15-10-6-3-7-11-15/h2-11,13,16H,12H2,1H3,(H,20,21). The first-order valence-corrected chi connectivity index (χ1v) is 7.24. The number of rotatable bonds is 4. The maximum absolute atomic E-state index is 12.0. The van der Waals surface area contributed by atoms with Crippen LogP contribution in [0.1, 0.15) is 24.5 Å². The molecule has 1 amide bonds. The molecule has 0 aliphatic heterocycles. The first-order chi connectivity index (χ1) is 10.3. The molecule has 3 nitrogen and oxygen atoms in total. The molecule has 2 aromatic rings. The molecule has 0 aromatic heterocycles. The summed E-state index contributed by atoms with van der Waals surface area (Å²) in [4.78, 5) is 12.0. The molecule has 2 atom stereocenters. The Bertz CT molecular complexity index is 608. The molecule has 0 saturated heterocycles. The molecule has 0 heterocycles. The Hall–Kier alpha value is -2.42. The highest BCUT2D eigenvalue weighted by atomic mass is 16.2. The molecule has 3 heteroatoms. The summed E-state index contributed by atoms with van der Waals surface area (Å²) >= 11 is 0. The third-order valence-corrected chi connectivity index (χ3v) is 3.82. The third-order valence-electron chi connectivity index (χ3n) is 3.82. The number of carbonyl (C=O) groups excluding carboxylic acids is 1. The zero-order chi connectivity index (χ0) is 14.7. The highest BCUT2D eigenvalue weighted by Crippen LogP contribution is 2.37. The van der Waals surface area contributed by atoms with Gasteiger partial charge in [0.2, 0.25) is 5.91 Å². The van der Waals surface area contributed by atoms with Gasteiger partial charge in [-0.3, -0.25) is 4.79 Å². The van der Waals surface area contributed by atoms with Crippen molar-refractivity contribution in [1.82, 2.24) is 5.43 Å². The van der Waals surface area contributed by atoms with Gasteiger partial charge in [-0.05, 0) is 12.3 Å². The third kappa shape index (κ3) is 3.19. The number of amides is 1. The zero-order valence-corrected chi connectivity index (χ0v) is 12.0. The highest BCUT2D eigenvalue weighted by Gasteiger charge is 2.39. The van der Waals surface area contributed by atoms with E-state index < -0.39 is 0 Å². The Labute approximate surface area is 124 Å². The van der Waals surface area contributed by atoms with Crippen LogP contribution in [-0.2, 0) is 4.79 Å². The van der Waals surface area contributed by atoms with Gasteiger partial charge in [-0.15, -0.1) is 0 Å². The molecule has 1 saturated carbocycles. The summed E-state index contributed by atoms with van der Waals surface area (Å²) in [5.74, 6) is 0.630. The monoisotopic (exact) mass is 278 g/mol. The number of nitrogens with one attached hydrogen (secondary N) is 1. The molecule has 1 aliphatic rings. The molecule has 106 valence electrons. The molecule has 2 unspecified atom stereocenters. The van der Waals surface area contributed by atoms with Crippen LogP contribution in [0.5, 0.6) is 0 Å². The number of carbonyl (C=O) groups is 1. The fourth-order valence-electron chi connectivity index (χ4n) is 2.37. The van der Waals surface area contributed by atoms with Crippen molar-refractivity contribution in [3.05, 3.63) is 71.8 Å². The Morgan fingerprint density at radius 3 is 1.90 bits per heavy atom. The van der Waals surface area contributed by atoms with Crippen molar-refractivity contribution in [3.8, 4) is 0 Å². The molecule has 0 bridgehead atoms. The van der Waals surface area contributed by atoms with Crippen LogP contribution in [-0.4, -0.2) is 11.6 Å². The van der Waals surface area contributed by atoms with E-state index >= 15 is 0 Å². The van der Waals surface area contributed by atoms with Crippen molar-refractivity contribution >= 4 is 11.6 Å². The zero-order valence-electron chi connectivity index (χ0n) is 12.0. The van der Waals surface area contributed by atoms with Gasteiger partial charge >= 0.3 is 0 Å². The SMILES string of the molecule is CC1CC1C(=O)NN=C(c1ccccc1)c1ccccc1. The molecule has 2 aromatic carbocycles. The molecular weight excluding hydrogens is 260 g/mol. The van der Waals surface area contributed by atoms with E-state index in [1.807, 2.05) is 60.7 Å². The lowest BCUT2D eigenvalue weighted by atomic mass is 10.0. The van der Waals surface area contributed by atoms with Crippen molar-refractivity contribution in [2.45, 2.75) is 13.3 Å². The van der Waals surface area contributed by atoms with Gasteiger partial charge in [0.05, 0.1) is 5.71 Å². The van der Waals surface area contributed by atoms with E-state index in [9.17, 15) is 4.79 Å². The molecule has 1 aliphatic carbocycles. The maximum atomic E-state index is 12.0. The van der Waals surface area contributed by atoms with E-state index in [2.05, 4.69) is 17.5 Å². The number of benzene rings is 2. The predicted octanol–water partition coefficient (Wildman–Crippen LogP) is 3.21. The molecule has 0 radical (unpaired) electrons. The topological polar surface area (TPSA) is 41.5 Å². The fraction of sp³-hybridized carbons (Fsp3) is 0.222. The van der Waals surface area contributed by atoms with Crippen LogP contribution in [0.25, 0.3) is 0 Å². The predicted molar refractivity (Wildman–Crippen MR) is 83.9 cm³/mol. The molecule has 0 spiro atoms. The quantitative estimate of drug-likeness (QED) is 0.677. The average Bonchev–Trinajstić information content (AvgIpc) is 3.26. The summed E-state index contributed by atoms with van der Waals surface area (Å²) in [6.45, 7) is 2.09. The van der Waals surface area contributed by atoms with Crippen LogP contribution in [0, 0.1) is 11.8 Å². The van der Waals surface area contributed by atoms with E-state index in [1.54, 1.807) is 0 Å². The van der Waals surface area contributed by atoms with Crippen LogP contribution in [0.4, 0.5) is 0 Å². The van der Waals surface area contributed by atoms with Gasteiger partial charge in [-0.1, -0.05) is 67.6 Å². The van der Waals surface area contributed by atoms with Gasteiger partial charge in [-0.2, -0.15) is 5.10 Å². The number of hydrogen-bond donors (Lipinski definition) is 1. The highest BCUT2D eigenvalue weighted by molar-refractivity contribution is 6.13. The van der Waals surface area contributed by atoms with Crippen LogP contribution < -0.4 is 5.43 Å². The fourth-order valence-corrected chi connectivity index (χ4v) is 2.37. The Balaban J connectivity index is 1.87. The van der Waals surface area contributed by atoms with E-state index in [0.29, 0.717) is 5.92 Å². The lowest BCUT2D eigenvalue weighted by Gasteiger charge is -2.07. The Kier molecular flexibility index (Phi) is 3.82. The second-order valence-electron chi connectivity index (χ2n) is 5.49. The van der Waals surface area contributed by atoms with Crippen LogP contribution in [0.2, 0.25) is 0 Å². The van der Waals surface area contributed by atoms with Gasteiger partial charge in [-0.25, -0.2) is 5.43 Å². The van der Waals surface area contributed by atoms with Crippen molar-refractivity contribution < 1.29 is 4.79 Å². The van der Waals surface area contributed by atoms with Gasteiger partial charge in [0, 0.05) is 17.0 Å². The van der Waals surface area contributed by atoms with Crippen LogP contribution in [0.3, 0.4) is 0 Å². The second kappa shape index (κ2) is 5.92. The van der Waals surface area contributed by atoms with E-state index in [4.69, 9.17) is 0 Å². The minimum atomic E-state index is 0.0202. The summed E-state index contributed by atoms with van der Waals surface area (Å²) in [7, 11) is 0. The number of hydrazone groups is 1. The number of hydrogen-bond acceptors (Lipinski definition) is 2. The first kappa shape index (κ1) is 13.6. The Morgan fingerprint density at radius 1 is 1.00 bits per heavy atom. The minimum absolute atomic E-state index is 0.0202. The van der Waals surface area contributed by atoms with E-state index in [1.165, 1.54) is 0 Å². The van der Waals surface area contributed by atoms with Crippen molar-refractivity contribution in [1.29, 1.82) is 0 Å². The van der Waals surface area contributed by atoms with E-state index in [0.717, 1.165) is 23.3 Å². The number of nitrogens with zero attached hydrogens (tertiary/aromatic N) is 1.